The maximum Gasteiger partial charge on any atom is 0.0874 e. The van der Waals surface area contributed by atoms with Crippen LogP contribution in [0, 0.1) is 0 Å². The molecule has 4 aromatic rings. The molecule has 1 aliphatic carbocycles. The molecule has 0 spiro atoms. The quantitative estimate of drug-likeness (QED) is 0.397. The SMILES string of the molecule is c1ccc2c(c1)-c1cccc3cc4[nH][nH]c4c-2c13. The molecule has 2 nitrogen and oxygen atoms in total. The van der Waals surface area contributed by atoms with Gasteiger partial charge in [-0.2, -0.15) is 0 Å². The second kappa shape index (κ2) is 2.67. The molecule has 0 saturated heterocycles. The highest BCUT2D eigenvalue weighted by Gasteiger charge is 2.24. The van der Waals surface area contributed by atoms with Crippen molar-refractivity contribution in [2.45, 2.75) is 0 Å². The zero-order valence-electron chi connectivity index (χ0n) is 9.62. The molecule has 84 valence electrons. The molecule has 0 bridgehead atoms. The summed E-state index contributed by atoms with van der Waals surface area (Å²) in [5, 5.41) is 9.08. The van der Waals surface area contributed by atoms with Crippen molar-refractivity contribution < 1.29 is 0 Å². The number of aromatic nitrogens is 2. The standard InChI is InChI=1S/C16H10N2/c1-2-6-12-10(5-1)11-7-3-4-9-8-13-16(18-17-13)15(12)14(9)11/h1-8,17-18H. The van der Waals surface area contributed by atoms with Crippen molar-refractivity contribution >= 4 is 21.8 Å². The van der Waals surface area contributed by atoms with Crippen molar-refractivity contribution in [3.63, 3.8) is 0 Å². The van der Waals surface area contributed by atoms with Gasteiger partial charge >= 0.3 is 0 Å². The van der Waals surface area contributed by atoms with E-state index in [2.05, 4.69) is 58.7 Å². The Hall–Kier alpha value is -2.48. The van der Waals surface area contributed by atoms with E-state index < -0.39 is 0 Å². The molecule has 0 radical (unpaired) electrons. The highest BCUT2D eigenvalue weighted by molar-refractivity contribution is 6.22. The van der Waals surface area contributed by atoms with Gasteiger partial charge in [0, 0.05) is 5.56 Å². The normalized spacial score (nSPS) is 12.4. The number of fused-ring (bicyclic) bond motifs is 5. The molecular weight excluding hydrogens is 220 g/mol. The molecule has 0 aliphatic heterocycles. The maximum absolute atomic E-state index is 3.22. The zero-order valence-corrected chi connectivity index (χ0v) is 9.62. The third kappa shape index (κ3) is 0.798. The lowest BCUT2D eigenvalue weighted by molar-refractivity contribution is 1.07. The summed E-state index contributed by atoms with van der Waals surface area (Å²) in [6, 6.07) is 17.4. The van der Waals surface area contributed by atoms with Gasteiger partial charge in [0.15, 0.2) is 0 Å². The lowest BCUT2D eigenvalue weighted by Gasteiger charge is -2.10. The predicted octanol–water partition coefficient (Wildman–Crippen LogP) is 4.30. The van der Waals surface area contributed by atoms with Gasteiger partial charge in [0.25, 0.3) is 0 Å². The van der Waals surface area contributed by atoms with Crippen molar-refractivity contribution in [1.29, 1.82) is 0 Å². The van der Waals surface area contributed by atoms with Gasteiger partial charge in [-0.3, -0.25) is 10.2 Å². The van der Waals surface area contributed by atoms with E-state index in [-0.39, 0.29) is 0 Å². The Morgan fingerprint density at radius 1 is 0.722 bits per heavy atom. The number of hydrogen-bond donors (Lipinski definition) is 2. The van der Waals surface area contributed by atoms with Crippen LogP contribution in [0.4, 0.5) is 0 Å². The molecule has 0 fully saturated rings. The molecule has 0 saturated carbocycles. The molecule has 3 aromatic carbocycles. The molecular formula is C16H10N2. The van der Waals surface area contributed by atoms with Crippen LogP contribution >= 0.6 is 0 Å². The first kappa shape index (κ1) is 8.59. The Labute approximate surface area is 103 Å². The summed E-state index contributed by atoms with van der Waals surface area (Å²) >= 11 is 0. The summed E-state index contributed by atoms with van der Waals surface area (Å²) < 4.78 is 0. The first-order valence-electron chi connectivity index (χ1n) is 6.15. The summed E-state index contributed by atoms with van der Waals surface area (Å²) in [6.07, 6.45) is 0. The third-order valence-electron chi connectivity index (χ3n) is 3.97. The molecule has 5 rings (SSSR count). The minimum Gasteiger partial charge on any atom is -0.299 e. The molecule has 0 atom stereocenters. The van der Waals surface area contributed by atoms with Crippen LogP contribution in [0.3, 0.4) is 0 Å². The van der Waals surface area contributed by atoms with Crippen molar-refractivity contribution in [3.05, 3.63) is 48.5 Å². The van der Waals surface area contributed by atoms with E-state index in [1.54, 1.807) is 0 Å². The molecule has 1 aromatic heterocycles. The van der Waals surface area contributed by atoms with E-state index in [4.69, 9.17) is 0 Å². The average molecular weight is 230 g/mol. The van der Waals surface area contributed by atoms with Crippen molar-refractivity contribution in [2.75, 3.05) is 0 Å². The highest BCUT2D eigenvalue weighted by atomic mass is 15.1. The van der Waals surface area contributed by atoms with Crippen molar-refractivity contribution in [3.8, 4) is 22.3 Å². The Morgan fingerprint density at radius 3 is 2.39 bits per heavy atom. The van der Waals surface area contributed by atoms with Crippen LogP contribution in [-0.4, -0.2) is 10.2 Å². The summed E-state index contributed by atoms with van der Waals surface area (Å²) in [5.74, 6) is 0. The average Bonchev–Trinajstić information content (AvgIpc) is 2.71. The van der Waals surface area contributed by atoms with Crippen LogP contribution in [0.15, 0.2) is 48.5 Å². The van der Waals surface area contributed by atoms with E-state index in [9.17, 15) is 0 Å². The van der Waals surface area contributed by atoms with Gasteiger partial charge in [-0.25, -0.2) is 0 Å². The fraction of sp³-hybridized carbons (Fsp3) is 0. The number of rotatable bonds is 0. The van der Waals surface area contributed by atoms with Gasteiger partial charge in [0.1, 0.15) is 0 Å². The monoisotopic (exact) mass is 230 g/mol. The highest BCUT2D eigenvalue weighted by Crippen LogP contribution is 2.49. The van der Waals surface area contributed by atoms with Gasteiger partial charge in [0.05, 0.1) is 11.0 Å². The van der Waals surface area contributed by atoms with Gasteiger partial charge in [0.2, 0.25) is 0 Å². The number of H-pyrrole nitrogens is 2. The third-order valence-corrected chi connectivity index (χ3v) is 3.97. The zero-order chi connectivity index (χ0) is 11.7. The molecule has 2 N–H and O–H groups in total. The first-order chi connectivity index (χ1) is 8.93. The number of benzene rings is 3. The van der Waals surface area contributed by atoms with Gasteiger partial charge in [-0.1, -0.05) is 42.5 Å². The molecule has 18 heavy (non-hydrogen) atoms. The Bertz CT molecular complexity index is 925. The van der Waals surface area contributed by atoms with Crippen LogP contribution < -0.4 is 0 Å². The summed E-state index contributed by atoms with van der Waals surface area (Å²) in [7, 11) is 0. The Kier molecular flexibility index (Phi) is 1.27. The molecule has 2 heteroatoms. The van der Waals surface area contributed by atoms with E-state index >= 15 is 0 Å². The second-order valence-corrected chi connectivity index (χ2v) is 4.87. The maximum atomic E-state index is 3.22. The van der Waals surface area contributed by atoms with E-state index in [1.165, 1.54) is 44.1 Å². The van der Waals surface area contributed by atoms with E-state index in [1.807, 2.05) is 0 Å². The second-order valence-electron chi connectivity index (χ2n) is 4.87. The summed E-state index contributed by atoms with van der Waals surface area (Å²) in [6.45, 7) is 0. The largest absolute Gasteiger partial charge is 0.299 e. The van der Waals surface area contributed by atoms with Gasteiger partial charge in [-0.15, -0.1) is 0 Å². The lowest BCUT2D eigenvalue weighted by atomic mass is 10.0. The Balaban J connectivity index is 2.16. The van der Waals surface area contributed by atoms with Gasteiger partial charge < -0.3 is 0 Å². The first-order valence-corrected chi connectivity index (χ1v) is 6.15. The number of hydrogen-bond acceptors (Lipinski definition) is 0. The fourth-order valence-corrected chi connectivity index (χ4v) is 3.18. The predicted molar refractivity (Wildman–Crippen MR) is 74.6 cm³/mol. The van der Waals surface area contributed by atoms with Crippen LogP contribution in [0.5, 0.6) is 0 Å². The van der Waals surface area contributed by atoms with Crippen LogP contribution in [0.2, 0.25) is 0 Å². The summed E-state index contributed by atoms with van der Waals surface area (Å²) in [5.41, 5.74) is 7.84. The molecule has 0 amide bonds. The fourth-order valence-electron chi connectivity index (χ4n) is 3.18. The van der Waals surface area contributed by atoms with E-state index in [0.29, 0.717) is 0 Å². The van der Waals surface area contributed by atoms with Crippen LogP contribution in [-0.2, 0) is 0 Å². The topological polar surface area (TPSA) is 31.6 Å². The van der Waals surface area contributed by atoms with E-state index in [0.717, 1.165) is 0 Å². The lowest BCUT2D eigenvalue weighted by Crippen LogP contribution is -1.93. The number of aromatic amines is 2. The smallest absolute Gasteiger partial charge is 0.0874 e. The van der Waals surface area contributed by atoms with Crippen LogP contribution in [0.1, 0.15) is 0 Å². The van der Waals surface area contributed by atoms with Crippen LogP contribution in [0.25, 0.3) is 44.1 Å². The van der Waals surface area contributed by atoms with Crippen molar-refractivity contribution in [1.82, 2.24) is 10.2 Å². The summed E-state index contributed by atoms with van der Waals surface area (Å²) in [4.78, 5) is 0. The minimum absolute atomic E-state index is 1.20. The van der Waals surface area contributed by atoms with Crippen molar-refractivity contribution in [2.24, 2.45) is 0 Å². The van der Waals surface area contributed by atoms with Gasteiger partial charge in [-0.05, 0) is 33.5 Å². The number of nitrogens with one attached hydrogen (secondary N) is 2. The molecule has 1 aliphatic rings. The Morgan fingerprint density at radius 2 is 1.56 bits per heavy atom. The minimum atomic E-state index is 1.20. The molecule has 1 heterocycles. The molecule has 0 unspecified atom stereocenters.